The summed E-state index contributed by atoms with van der Waals surface area (Å²) in [7, 11) is 1.48. The Labute approximate surface area is 129 Å². The SMILES string of the molecule is COCOc1cccc(C(=O)N2CCCC[C@H]2CO)c1C=O. The van der Waals surface area contributed by atoms with E-state index in [1.54, 1.807) is 23.1 Å². The number of benzene rings is 1. The lowest BCUT2D eigenvalue weighted by Gasteiger charge is -2.35. The summed E-state index contributed by atoms with van der Waals surface area (Å²) < 4.78 is 10.2. The molecule has 1 fully saturated rings. The number of rotatable bonds is 6. The minimum absolute atomic E-state index is 0.00145. The van der Waals surface area contributed by atoms with Crippen molar-refractivity contribution in [2.75, 3.05) is 27.1 Å². The summed E-state index contributed by atoms with van der Waals surface area (Å²) in [6.45, 7) is 0.523. The quantitative estimate of drug-likeness (QED) is 0.636. The number of aliphatic hydroxyl groups is 1. The van der Waals surface area contributed by atoms with E-state index >= 15 is 0 Å². The molecule has 1 aliphatic rings. The third-order valence-electron chi connectivity index (χ3n) is 3.85. The van der Waals surface area contributed by atoms with Gasteiger partial charge in [0, 0.05) is 13.7 Å². The fourth-order valence-corrected chi connectivity index (χ4v) is 2.71. The number of hydrogen-bond acceptors (Lipinski definition) is 5. The number of carbonyl (C=O) groups excluding carboxylic acids is 2. The van der Waals surface area contributed by atoms with Gasteiger partial charge in [0.2, 0.25) is 0 Å². The highest BCUT2D eigenvalue weighted by Crippen LogP contribution is 2.25. The van der Waals surface area contributed by atoms with Gasteiger partial charge in [0.15, 0.2) is 13.1 Å². The monoisotopic (exact) mass is 307 g/mol. The molecule has 6 nitrogen and oxygen atoms in total. The minimum Gasteiger partial charge on any atom is -0.467 e. The third-order valence-corrected chi connectivity index (χ3v) is 3.85. The van der Waals surface area contributed by atoms with Crippen molar-refractivity contribution in [2.45, 2.75) is 25.3 Å². The lowest BCUT2D eigenvalue weighted by atomic mass is 9.99. The molecule has 0 unspecified atom stereocenters. The van der Waals surface area contributed by atoms with Crippen molar-refractivity contribution in [2.24, 2.45) is 0 Å². The molecule has 120 valence electrons. The first-order chi connectivity index (χ1) is 10.7. The van der Waals surface area contributed by atoms with Gasteiger partial charge in [-0.25, -0.2) is 0 Å². The van der Waals surface area contributed by atoms with Gasteiger partial charge in [-0.1, -0.05) is 6.07 Å². The molecule has 1 N–H and O–H groups in total. The number of methoxy groups -OCH3 is 1. The van der Waals surface area contributed by atoms with E-state index in [0.717, 1.165) is 19.3 Å². The first-order valence-corrected chi connectivity index (χ1v) is 7.34. The zero-order valence-corrected chi connectivity index (χ0v) is 12.7. The third kappa shape index (κ3) is 3.45. The zero-order valence-electron chi connectivity index (χ0n) is 12.7. The molecule has 2 rings (SSSR count). The van der Waals surface area contributed by atoms with Crippen LogP contribution in [0.3, 0.4) is 0 Å². The Balaban J connectivity index is 2.30. The number of likely N-dealkylation sites (tertiary alicyclic amines) is 1. The van der Waals surface area contributed by atoms with E-state index in [2.05, 4.69) is 0 Å². The number of aldehydes is 1. The van der Waals surface area contributed by atoms with Crippen molar-refractivity contribution < 1.29 is 24.2 Å². The summed E-state index contributed by atoms with van der Waals surface area (Å²) in [5.41, 5.74) is 0.510. The van der Waals surface area contributed by atoms with Crippen molar-refractivity contribution >= 4 is 12.2 Å². The van der Waals surface area contributed by atoms with Crippen LogP contribution < -0.4 is 4.74 Å². The summed E-state index contributed by atoms with van der Waals surface area (Å²) in [6.07, 6.45) is 3.29. The molecule has 1 amide bonds. The number of aliphatic hydroxyl groups excluding tert-OH is 1. The fraction of sp³-hybridized carbons (Fsp3) is 0.500. The van der Waals surface area contributed by atoms with Crippen LogP contribution in [0.2, 0.25) is 0 Å². The first kappa shape index (κ1) is 16.5. The normalized spacial score (nSPS) is 18.1. The van der Waals surface area contributed by atoms with Gasteiger partial charge in [-0.3, -0.25) is 9.59 Å². The number of ether oxygens (including phenoxy) is 2. The van der Waals surface area contributed by atoms with Crippen molar-refractivity contribution in [1.82, 2.24) is 4.90 Å². The average Bonchev–Trinajstić information content (AvgIpc) is 2.58. The lowest BCUT2D eigenvalue weighted by Crippen LogP contribution is -2.45. The molecule has 0 bridgehead atoms. The molecular formula is C16H21NO5. The molecule has 1 atom stereocenters. The summed E-state index contributed by atoms with van der Waals surface area (Å²) >= 11 is 0. The van der Waals surface area contributed by atoms with E-state index in [-0.39, 0.29) is 30.9 Å². The second-order valence-corrected chi connectivity index (χ2v) is 5.22. The van der Waals surface area contributed by atoms with Crippen LogP contribution in [0.15, 0.2) is 18.2 Å². The Hall–Kier alpha value is -1.92. The molecular weight excluding hydrogens is 286 g/mol. The highest BCUT2D eigenvalue weighted by atomic mass is 16.7. The fourth-order valence-electron chi connectivity index (χ4n) is 2.71. The second kappa shape index (κ2) is 7.91. The highest BCUT2D eigenvalue weighted by Gasteiger charge is 2.28. The van der Waals surface area contributed by atoms with Gasteiger partial charge in [0.1, 0.15) is 5.75 Å². The Kier molecular flexibility index (Phi) is 5.91. The van der Waals surface area contributed by atoms with Crippen molar-refractivity contribution in [3.63, 3.8) is 0 Å². The van der Waals surface area contributed by atoms with Gasteiger partial charge in [0.25, 0.3) is 5.91 Å². The van der Waals surface area contributed by atoms with E-state index < -0.39 is 0 Å². The molecule has 0 spiro atoms. The minimum atomic E-state index is -0.247. The Bertz CT molecular complexity index is 531. The number of piperidine rings is 1. The van der Waals surface area contributed by atoms with Crippen LogP contribution in [0.25, 0.3) is 0 Å². The van der Waals surface area contributed by atoms with Crippen LogP contribution in [0, 0.1) is 0 Å². The van der Waals surface area contributed by atoms with Crippen LogP contribution in [-0.4, -0.2) is 55.3 Å². The summed E-state index contributed by atoms with van der Waals surface area (Å²) in [5.74, 6) is 0.0731. The standard InChI is InChI=1S/C16H21NO5/c1-21-11-22-15-7-4-6-13(14(15)10-19)16(20)17-8-3-2-5-12(17)9-18/h4,6-7,10,12,18H,2-3,5,8-9,11H2,1H3/t12-/m0/s1. The lowest BCUT2D eigenvalue weighted by molar-refractivity contribution is 0.0476. The number of amides is 1. The smallest absolute Gasteiger partial charge is 0.255 e. The van der Waals surface area contributed by atoms with Gasteiger partial charge in [-0.15, -0.1) is 0 Å². The highest BCUT2D eigenvalue weighted by molar-refractivity contribution is 6.03. The maximum Gasteiger partial charge on any atom is 0.255 e. The van der Waals surface area contributed by atoms with Crippen molar-refractivity contribution in [1.29, 1.82) is 0 Å². The molecule has 22 heavy (non-hydrogen) atoms. The van der Waals surface area contributed by atoms with E-state index in [1.807, 2.05) is 0 Å². The molecule has 1 aliphatic heterocycles. The summed E-state index contributed by atoms with van der Waals surface area (Å²) in [5, 5.41) is 9.45. The average molecular weight is 307 g/mol. The summed E-state index contributed by atoms with van der Waals surface area (Å²) in [4.78, 5) is 25.8. The van der Waals surface area contributed by atoms with Gasteiger partial charge in [0.05, 0.1) is 23.8 Å². The van der Waals surface area contributed by atoms with Gasteiger partial charge in [-0.2, -0.15) is 0 Å². The first-order valence-electron chi connectivity index (χ1n) is 7.34. The van der Waals surface area contributed by atoms with E-state index in [9.17, 15) is 14.7 Å². The zero-order chi connectivity index (χ0) is 15.9. The molecule has 6 heteroatoms. The predicted octanol–water partition coefficient (Wildman–Crippen LogP) is 1.47. The second-order valence-electron chi connectivity index (χ2n) is 5.22. The van der Waals surface area contributed by atoms with E-state index in [4.69, 9.17) is 9.47 Å². The number of nitrogens with zero attached hydrogens (tertiary/aromatic N) is 1. The Morgan fingerprint density at radius 3 is 2.95 bits per heavy atom. The maximum atomic E-state index is 12.7. The molecule has 0 saturated carbocycles. The van der Waals surface area contributed by atoms with Crippen LogP contribution in [0.5, 0.6) is 5.75 Å². The topological polar surface area (TPSA) is 76.1 Å². The summed E-state index contributed by atoms with van der Waals surface area (Å²) in [6, 6.07) is 4.71. The molecule has 1 aromatic carbocycles. The van der Waals surface area contributed by atoms with Crippen molar-refractivity contribution in [3.8, 4) is 5.75 Å². The van der Waals surface area contributed by atoms with Crippen LogP contribution in [-0.2, 0) is 4.74 Å². The number of hydrogen-bond donors (Lipinski definition) is 1. The van der Waals surface area contributed by atoms with E-state index in [1.165, 1.54) is 7.11 Å². The maximum absolute atomic E-state index is 12.7. The Morgan fingerprint density at radius 2 is 2.27 bits per heavy atom. The van der Waals surface area contributed by atoms with Gasteiger partial charge < -0.3 is 19.5 Å². The molecule has 1 saturated heterocycles. The van der Waals surface area contributed by atoms with Crippen molar-refractivity contribution in [3.05, 3.63) is 29.3 Å². The Morgan fingerprint density at radius 1 is 1.45 bits per heavy atom. The largest absolute Gasteiger partial charge is 0.467 e. The van der Waals surface area contributed by atoms with Crippen LogP contribution in [0.4, 0.5) is 0 Å². The van der Waals surface area contributed by atoms with E-state index in [0.29, 0.717) is 24.1 Å². The molecule has 1 aromatic rings. The van der Waals surface area contributed by atoms with Crippen LogP contribution in [0.1, 0.15) is 40.0 Å². The van der Waals surface area contributed by atoms with Gasteiger partial charge in [-0.05, 0) is 31.4 Å². The molecule has 0 aromatic heterocycles. The van der Waals surface area contributed by atoms with Crippen LogP contribution >= 0.6 is 0 Å². The molecule has 0 aliphatic carbocycles. The van der Waals surface area contributed by atoms with Gasteiger partial charge >= 0.3 is 0 Å². The molecule has 0 radical (unpaired) electrons. The molecule has 1 heterocycles. The predicted molar refractivity (Wildman–Crippen MR) is 80.1 cm³/mol. The number of carbonyl (C=O) groups is 2.